The molecule has 0 amide bonds. The first-order chi connectivity index (χ1) is 4.39. The Bertz CT molecular complexity index is 139. The van der Waals surface area contributed by atoms with E-state index in [4.69, 9.17) is 0 Å². The van der Waals surface area contributed by atoms with Crippen molar-refractivity contribution in [1.82, 2.24) is 0 Å². The number of benzene rings is 1. The molecule has 1 aromatic rings. The topological polar surface area (TPSA) is 0 Å². The van der Waals surface area contributed by atoms with E-state index in [1.165, 1.54) is 5.56 Å². The van der Waals surface area contributed by atoms with Crippen LogP contribution in [-0.2, 0) is 20.4 Å². The van der Waals surface area contributed by atoms with Crippen molar-refractivity contribution in [2.24, 2.45) is 0 Å². The summed E-state index contributed by atoms with van der Waals surface area (Å²) in [6, 6.07) is 11.5. The maximum atomic E-state index is 2.98. The molecule has 0 spiro atoms. The van der Waals surface area contributed by atoms with Crippen LogP contribution in [0.5, 0.6) is 0 Å². The molecular formula is C9H12ReRf-2. The van der Waals surface area contributed by atoms with Gasteiger partial charge < -0.3 is 18.2 Å². The second-order valence-corrected chi connectivity index (χ2v) is 1.47. The summed E-state index contributed by atoms with van der Waals surface area (Å²) in [5.41, 5.74) is 1.17. The van der Waals surface area contributed by atoms with Gasteiger partial charge in [0.15, 0.2) is 0 Å². The summed E-state index contributed by atoms with van der Waals surface area (Å²) in [5.74, 6) is 0. The van der Waals surface area contributed by atoms with Gasteiger partial charge in [-0.15, -0.1) is 0 Å². The molecule has 1 rings (SSSR count). The van der Waals surface area contributed by atoms with Crippen molar-refractivity contribution in [1.29, 1.82) is 0 Å². The SMILES string of the molecule is CC.Cc1[c-]c[c-]cc1.[Re].[Rf]. The monoisotopic (exact) mass is 574 g/mol. The van der Waals surface area contributed by atoms with Crippen molar-refractivity contribution in [2.45, 2.75) is 20.8 Å². The van der Waals surface area contributed by atoms with Gasteiger partial charge in [0, 0.05) is 20.4 Å². The van der Waals surface area contributed by atoms with Gasteiger partial charge >= 0.3 is 0 Å². The zero-order valence-electron chi connectivity index (χ0n) is 7.32. The van der Waals surface area contributed by atoms with Gasteiger partial charge in [-0.05, 0) is 0 Å². The molecule has 59 valence electrons. The summed E-state index contributed by atoms with van der Waals surface area (Å²) in [5, 5.41) is 0. The summed E-state index contributed by atoms with van der Waals surface area (Å²) in [6.07, 6.45) is 0. The van der Waals surface area contributed by atoms with Crippen LogP contribution in [0.2, 0.25) is 0 Å². The Balaban J connectivity index is -0.000000149. The van der Waals surface area contributed by atoms with E-state index in [-0.39, 0.29) is 20.4 Å². The molecule has 0 fully saturated rings. The summed E-state index contributed by atoms with van der Waals surface area (Å²) in [4.78, 5) is 0. The van der Waals surface area contributed by atoms with Crippen molar-refractivity contribution >= 4 is 0 Å². The largest absolute Gasteiger partial charge is 0.359 e. The van der Waals surface area contributed by atoms with Gasteiger partial charge in [-0.2, -0.15) is 0 Å². The fraction of sp³-hybridized carbons (Fsp3) is 0.333. The quantitative estimate of drug-likeness (QED) is 0.419. The minimum atomic E-state index is 0. The summed E-state index contributed by atoms with van der Waals surface area (Å²) in [7, 11) is 0. The average Bonchev–Trinajstić information content (AvgIpc) is 1.94. The molecule has 0 nitrogen and oxygen atoms in total. The van der Waals surface area contributed by atoms with Gasteiger partial charge in [0.25, 0.3) is 0 Å². The fourth-order valence-electron chi connectivity index (χ4n) is 0.425. The Hall–Kier alpha value is -1.12. The molecule has 0 aliphatic rings. The first kappa shape index (κ1) is 16.5. The van der Waals surface area contributed by atoms with E-state index < -0.39 is 0 Å². The van der Waals surface area contributed by atoms with Crippen LogP contribution >= 0.6 is 0 Å². The molecule has 1 aromatic carbocycles. The third kappa shape index (κ3) is 8.88. The van der Waals surface area contributed by atoms with Crippen LogP contribution in [0.1, 0.15) is 19.4 Å². The number of hydrogen-bond donors (Lipinski definition) is 0. The number of hydrogen-bond acceptors (Lipinski definition) is 0. The predicted octanol–water partition coefficient (Wildman–Crippen LogP) is 2.62. The molecule has 0 aliphatic carbocycles. The number of rotatable bonds is 0. The predicted molar refractivity (Wildman–Crippen MR) is 40.2 cm³/mol. The van der Waals surface area contributed by atoms with Crippen molar-refractivity contribution < 1.29 is 20.4 Å². The minimum absolute atomic E-state index is 0. The molecule has 0 atom stereocenters. The van der Waals surface area contributed by atoms with E-state index in [2.05, 4.69) is 12.1 Å². The van der Waals surface area contributed by atoms with Crippen LogP contribution in [0, 0.1) is 19.1 Å². The first-order valence-electron chi connectivity index (χ1n) is 3.24. The van der Waals surface area contributed by atoms with Gasteiger partial charge in [0.05, 0.1) is 0 Å². The molecule has 0 bridgehead atoms. The Labute approximate surface area is 77.3 Å². The standard InChI is InChI=1S/C7H6.C2H6.Re.Rf/c1-7-5-3-2-4-6-7;1-2;;/h3-5H,1H3;1-2H3;;/q-2;;;. The van der Waals surface area contributed by atoms with Crippen LogP contribution in [0.25, 0.3) is 0 Å². The normalized spacial score (nSPS) is 6.09. The zero-order chi connectivity index (χ0) is 7.11. The fourth-order valence-corrected chi connectivity index (χ4v) is 0.425. The van der Waals surface area contributed by atoms with Crippen LogP contribution < -0.4 is 0 Å². The Morgan fingerprint density at radius 2 is 1.82 bits per heavy atom. The molecule has 0 unspecified atom stereocenters. The molecule has 0 saturated carbocycles. The van der Waals surface area contributed by atoms with Crippen molar-refractivity contribution in [2.75, 3.05) is 0 Å². The second kappa shape index (κ2) is 11.7. The molecule has 0 aromatic heterocycles. The van der Waals surface area contributed by atoms with Crippen LogP contribution in [-0.4, -0.2) is 0 Å². The van der Waals surface area contributed by atoms with E-state index in [1.807, 2.05) is 32.9 Å². The van der Waals surface area contributed by atoms with E-state index in [9.17, 15) is 0 Å². The van der Waals surface area contributed by atoms with Gasteiger partial charge in [0.1, 0.15) is 0 Å². The van der Waals surface area contributed by atoms with E-state index in [1.54, 1.807) is 6.07 Å². The zero-order valence-corrected chi connectivity index (χ0v) is 16.4. The molecule has 0 saturated heterocycles. The van der Waals surface area contributed by atoms with Crippen molar-refractivity contribution in [3.8, 4) is 0 Å². The van der Waals surface area contributed by atoms with E-state index >= 15 is 0 Å². The maximum absolute atomic E-state index is 2.98. The molecule has 2 heteroatoms. The van der Waals surface area contributed by atoms with Crippen LogP contribution in [0.15, 0.2) is 18.2 Å². The van der Waals surface area contributed by atoms with E-state index in [0.717, 1.165) is 0 Å². The third-order valence-corrected chi connectivity index (χ3v) is 0.813. The van der Waals surface area contributed by atoms with Crippen LogP contribution in [0.3, 0.4) is 0 Å². The Kier molecular flexibility index (Phi) is 17.4. The summed E-state index contributed by atoms with van der Waals surface area (Å²) in [6.45, 7) is 6.01. The summed E-state index contributed by atoms with van der Waals surface area (Å²) >= 11 is 0. The molecule has 0 N–H and O–H groups in total. The number of aryl methyl sites for hydroxylation is 1. The third-order valence-electron chi connectivity index (χ3n) is 0.813. The smallest absolute Gasteiger partial charge is 0 e. The van der Waals surface area contributed by atoms with Gasteiger partial charge in [-0.3, -0.25) is 17.7 Å². The average molecular weight is 573 g/mol. The van der Waals surface area contributed by atoms with Crippen molar-refractivity contribution in [3.05, 3.63) is 35.9 Å². The Morgan fingerprint density at radius 3 is 2.00 bits per heavy atom. The minimum Gasteiger partial charge on any atom is -0.359 e. The van der Waals surface area contributed by atoms with Crippen LogP contribution in [0.4, 0.5) is 0 Å². The molecule has 1 radical (unpaired) electrons. The van der Waals surface area contributed by atoms with E-state index in [0.29, 0.717) is 0 Å². The second-order valence-electron chi connectivity index (χ2n) is 1.47. The molecule has 0 heterocycles. The van der Waals surface area contributed by atoms with Gasteiger partial charge in [-0.25, -0.2) is 0 Å². The Morgan fingerprint density at radius 1 is 1.27 bits per heavy atom. The molecular weight excluding hydrogens is 561 g/mol. The molecule has 0 aliphatic heterocycles. The van der Waals surface area contributed by atoms with Crippen molar-refractivity contribution in [3.63, 3.8) is 0 Å². The maximum Gasteiger partial charge on any atom is 0 e. The van der Waals surface area contributed by atoms with Gasteiger partial charge in [-0.1, -0.05) is 20.8 Å². The first-order valence-corrected chi connectivity index (χ1v) is 3.24. The van der Waals surface area contributed by atoms with Gasteiger partial charge in [0.2, 0.25) is 0 Å². The molecule has 11 heavy (non-hydrogen) atoms. The summed E-state index contributed by atoms with van der Waals surface area (Å²) < 4.78 is 0.